The molecule has 0 spiro atoms. The van der Waals surface area contributed by atoms with Gasteiger partial charge in [-0.15, -0.1) is 11.3 Å². The van der Waals surface area contributed by atoms with Crippen LogP contribution in [0.3, 0.4) is 0 Å². The minimum atomic E-state index is -3.52. The number of thiophene rings is 1. The van der Waals surface area contributed by atoms with E-state index in [1.165, 1.54) is 4.31 Å². The van der Waals surface area contributed by atoms with Gasteiger partial charge >= 0.3 is 0 Å². The van der Waals surface area contributed by atoms with Crippen LogP contribution in [0.25, 0.3) is 0 Å². The Kier molecular flexibility index (Phi) is 3.62. The zero-order valence-corrected chi connectivity index (χ0v) is 13.1. The summed E-state index contributed by atoms with van der Waals surface area (Å²) in [7, 11) is -3.52. The van der Waals surface area contributed by atoms with E-state index in [1.54, 1.807) is 25.1 Å². The van der Waals surface area contributed by atoms with Crippen LogP contribution < -0.4 is 0 Å². The number of halogens is 1. The predicted molar refractivity (Wildman–Crippen MR) is 76.4 cm³/mol. The largest absolute Gasteiger partial charge is 0.361 e. The first-order valence-electron chi connectivity index (χ1n) is 6.19. The normalized spacial score (nSPS) is 20.6. The molecular formula is C12H13ClN2O3S2. The summed E-state index contributed by atoms with van der Waals surface area (Å²) in [5.74, 6) is 0.684. The highest BCUT2D eigenvalue weighted by Crippen LogP contribution is 2.38. The van der Waals surface area contributed by atoms with Crippen LogP contribution in [0, 0.1) is 6.92 Å². The van der Waals surface area contributed by atoms with Crippen molar-refractivity contribution in [3.8, 4) is 0 Å². The average Bonchev–Trinajstić information content (AvgIpc) is 3.07. The smallest absolute Gasteiger partial charge is 0.253 e. The van der Waals surface area contributed by atoms with Gasteiger partial charge in [-0.1, -0.05) is 16.8 Å². The molecule has 8 heteroatoms. The second-order valence-electron chi connectivity index (χ2n) is 4.69. The summed E-state index contributed by atoms with van der Waals surface area (Å²) in [5, 5.41) is 3.96. The number of nitrogens with zero attached hydrogens (tertiary/aromatic N) is 2. The van der Waals surface area contributed by atoms with Crippen LogP contribution in [-0.2, 0) is 10.0 Å². The van der Waals surface area contributed by atoms with E-state index in [-0.39, 0.29) is 10.3 Å². The Labute approximate surface area is 126 Å². The Morgan fingerprint density at radius 1 is 1.50 bits per heavy atom. The number of sulfonamides is 1. The van der Waals surface area contributed by atoms with Crippen LogP contribution in [0.1, 0.15) is 30.3 Å². The lowest BCUT2D eigenvalue weighted by Crippen LogP contribution is -2.30. The Hall–Kier alpha value is -0.890. The Bertz CT molecular complexity index is 723. The lowest BCUT2D eigenvalue weighted by Gasteiger charge is -2.21. The fourth-order valence-electron chi connectivity index (χ4n) is 2.42. The Morgan fingerprint density at radius 3 is 2.90 bits per heavy atom. The molecule has 1 fully saturated rings. The molecule has 0 aliphatic carbocycles. The van der Waals surface area contributed by atoms with E-state index in [0.29, 0.717) is 22.3 Å². The molecule has 0 aromatic carbocycles. The SMILES string of the molecule is Cc1cc([C@@H]2CCCN2S(=O)(=O)c2ccc(Cl)s2)no1. The van der Waals surface area contributed by atoms with Gasteiger partial charge in [-0.2, -0.15) is 4.31 Å². The van der Waals surface area contributed by atoms with E-state index in [4.69, 9.17) is 16.1 Å². The monoisotopic (exact) mass is 332 g/mol. The van der Waals surface area contributed by atoms with Crippen LogP contribution in [0.4, 0.5) is 0 Å². The third-order valence-corrected chi connectivity index (χ3v) is 6.91. The summed E-state index contributed by atoms with van der Waals surface area (Å²) in [5.41, 5.74) is 0.672. The highest BCUT2D eigenvalue weighted by Gasteiger charge is 2.38. The highest BCUT2D eigenvalue weighted by atomic mass is 35.5. The van der Waals surface area contributed by atoms with Gasteiger partial charge in [-0.05, 0) is 31.9 Å². The fraction of sp³-hybridized carbons (Fsp3) is 0.417. The maximum atomic E-state index is 12.7. The molecule has 5 nitrogen and oxygen atoms in total. The van der Waals surface area contributed by atoms with Crippen LogP contribution in [0.15, 0.2) is 26.9 Å². The summed E-state index contributed by atoms with van der Waals surface area (Å²) in [4.78, 5) is 0. The lowest BCUT2D eigenvalue weighted by atomic mass is 10.1. The molecule has 1 aliphatic heterocycles. The van der Waals surface area contributed by atoms with Crippen molar-refractivity contribution in [1.82, 2.24) is 9.46 Å². The summed E-state index contributed by atoms with van der Waals surface area (Å²) in [6.45, 7) is 2.29. The molecule has 2 aromatic rings. The van der Waals surface area contributed by atoms with Gasteiger partial charge in [0.2, 0.25) is 0 Å². The first kappa shape index (κ1) is 14.1. The second-order valence-corrected chi connectivity index (χ2v) is 8.53. The van der Waals surface area contributed by atoms with Gasteiger partial charge in [0.15, 0.2) is 0 Å². The van der Waals surface area contributed by atoms with Crippen molar-refractivity contribution in [3.05, 3.63) is 34.0 Å². The zero-order chi connectivity index (χ0) is 14.3. The fourth-order valence-corrected chi connectivity index (χ4v) is 5.70. The van der Waals surface area contributed by atoms with Crippen LogP contribution >= 0.6 is 22.9 Å². The molecule has 0 bridgehead atoms. The molecule has 0 radical (unpaired) electrons. The molecule has 3 rings (SSSR count). The van der Waals surface area contributed by atoms with Gasteiger partial charge in [0.25, 0.3) is 10.0 Å². The van der Waals surface area contributed by atoms with Gasteiger partial charge in [0.05, 0.1) is 10.4 Å². The molecular weight excluding hydrogens is 320 g/mol. The molecule has 0 N–H and O–H groups in total. The Balaban J connectivity index is 1.96. The average molecular weight is 333 g/mol. The van der Waals surface area contributed by atoms with E-state index >= 15 is 0 Å². The second kappa shape index (κ2) is 5.14. The molecule has 20 heavy (non-hydrogen) atoms. The predicted octanol–water partition coefficient (Wildman–Crippen LogP) is 3.22. The molecule has 2 aromatic heterocycles. The molecule has 108 valence electrons. The summed E-state index contributed by atoms with van der Waals surface area (Å²) in [6.07, 6.45) is 1.57. The number of aromatic nitrogens is 1. The van der Waals surface area contributed by atoms with Gasteiger partial charge in [0.1, 0.15) is 15.7 Å². The maximum absolute atomic E-state index is 12.7. The molecule has 3 heterocycles. The van der Waals surface area contributed by atoms with Crippen molar-refractivity contribution in [1.29, 1.82) is 0 Å². The zero-order valence-electron chi connectivity index (χ0n) is 10.7. The van der Waals surface area contributed by atoms with E-state index < -0.39 is 10.0 Å². The van der Waals surface area contributed by atoms with Gasteiger partial charge in [0, 0.05) is 12.6 Å². The number of aryl methyl sites for hydroxylation is 1. The topological polar surface area (TPSA) is 63.4 Å². The van der Waals surface area contributed by atoms with Crippen molar-refractivity contribution >= 4 is 33.0 Å². The number of hydrogen-bond donors (Lipinski definition) is 0. The van der Waals surface area contributed by atoms with Crippen molar-refractivity contribution < 1.29 is 12.9 Å². The van der Waals surface area contributed by atoms with Crippen molar-refractivity contribution in [2.45, 2.75) is 30.0 Å². The first-order chi connectivity index (χ1) is 9.48. The molecule has 0 unspecified atom stereocenters. The van der Waals surface area contributed by atoms with E-state index in [2.05, 4.69) is 5.16 Å². The lowest BCUT2D eigenvalue weighted by molar-refractivity contribution is 0.350. The first-order valence-corrected chi connectivity index (χ1v) is 8.82. The molecule has 0 amide bonds. The van der Waals surface area contributed by atoms with Crippen molar-refractivity contribution in [2.75, 3.05) is 6.54 Å². The van der Waals surface area contributed by atoms with E-state index in [1.807, 2.05) is 0 Å². The number of rotatable bonds is 3. The van der Waals surface area contributed by atoms with Gasteiger partial charge < -0.3 is 4.52 Å². The maximum Gasteiger partial charge on any atom is 0.253 e. The molecule has 1 atom stereocenters. The third-order valence-electron chi connectivity index (χ3n) is 3.30. The summed E-state index contributed by atoms with van der Waals surface area (Å²) in [6, 6.07) is 4.69. The van der Waals surface area contributed by atoms with Gasteiger partial charge in [-0.25, -0.2) is 8.42 Å². The van der Waals surface area contributed by atoms with Crippen LogP contribution in [-0.4, -0.2) is 24.4 Å². The van der Waals surface area contributed by atoms with Crippen LogP contribution in [0.5, 0.6) is 0 Å². The standard InChI is InChI=1S/C12H13ClN2O3S2/c1-8-7-9(14-18-8)10-3-2-6-15(10)20(16,17)12-5-4-11(13)19-12/h4-5,7,10H,2-3,6H2,1H3/t10-/m0/s1. The summed E-state index contributed by atoms with van der Waals surface area (Å²) >= 11 is 6.91. The van der Waals surface area contributed by atoms with Crippen molar-refractivity contribution in [2.24, 2.45) is 0 Å². The summed E-state index contributed by atoms with van der Waals surface area (Å²) < 4.78 is 32.6. The quantitative estimate of drug-likeness (QED) is 0.865. The Morgan fingerprint density at radius 2 is 2.30 bits per heavy atom. The minimum Gasteiger partial charge on any atom is -0.361 e. The third kappa shape index (κ3) is 2.39. The minimum absolute atomic E-state index is 0.252. The molecule has 1 saturated heterocycles. The molecule has 1 aliphatic rings. The van der Waals surface area contributed by atoms with E-state index in [0.717, 1.165) is 24.2 Å². The molecule has 0 saturated carbocycles. The van der Waals surface area contributed by atoms with Crippen molar-refractivity contribution in [3.63, 3.8) is 0 Å². The van der Waals surface area contributed by atoms with Gasteiger partial charge in [-0.3, -0.25) is 0 Å². The van der Waals surface area contributed by atoms with Crippen LogP contribution in [0.2, 0.25) is 4.34 Å². The number of hydrogen-bond acceptors (Lipinski definition) is 5. The highest BCUT2D eigenvalue weighted by molar-refractivity contribution is 7.91. The van der Waals surface area contributed by atoms with E-state index in [9.17, 15) is 8.42 Å².